The fourth-order valence-electron chi connectivity index (χ4n) is 3.48. The van der Waals surface area contributed by atoms with Crippen molar-refractivity contribution in [3.8, 4) is 0 Å². The number of piperidine rings is 1. The molecule has 1 atom stereocenters. The number of nitrogens with one attached hydrogen (secondary N) is 1. The zero-order valence-electron chi connectivity index (χ0n) is 16.8. The Balaban J connectivity index is 1.56. The summed E-state index contributed by atoms with van der Waals surface area (Å²) in [5, 5.41) is 6.99. The van der Waals surface area contributed by atoms with Gasteiger partial charge in [-0.2, -0.15) is 0 Å². The summed E-state index contributed by atoms with van der Waals surface area (Å²) in [6, 6.07) is 5.41. The molecule has 0 unspecified atom stereocenters. The van der Waals surface area contributed by atoms with E-state index in [1.807, 2.05) is 13.0 Å². The fraction of sp³-hybridized carbons (Fsp3) is 0.524. The maximum Gasteiger partial charge on any atom is 0.255 e. The molecule has 3 heterocycles. The summed E-state index contributed by atoms with van der Waals surface area (Å²) in [4.78, 5) is 31.3. The number of anilines is 1. The van der Waals surface area contributed by atoms with Crippen molar-refractivity contribution in [2.75, 3.05) is 18.4 Å². The van der Waals surface area contributed by atoms with E-state index in [0.717, 1.165) is 24.3 Å². The number of amides is 1. The van der Waals surface area contributed by atoms with Crippen molar-refractivity contribution >= 4 is 17.5 Å². The van der Waals surface area contributed by atoms with Crippen LogP contribution in [0.15, 0.2) is 28.9 Å². The summed E-state index contributed by atoms with van der Waals surface area (Å²) >= 11 is 0. The number of ketones is 1. The zero-order chi connectivity index (χ0) is 20.1. The second-order valence-electron chi connectivity index (χ2n) is 7.87. The molecule has 2 aromatic rings. The average Bonchev–Trinajstić information content (AvgIpc) is 3.11. The number of Topliss-reactive ketones (excluding diaryl/α,β-unsaturated/α-hetero) is 1. The van der Waals surface area contributed by atoms with Gasteiger partial charge in [0.05, 0.1) is 17.8 Å². The number of likely N-dealkylation sites (tertiary alicyclic amines) is 1. The van der Waals surface area contributed by atoms with Crippen LogP contribution in [0.4, 0.5) is 5.82 Å². The standard InChI is InChI=1S/C21H28N4O3/c1-14(2)9-19(26)17-5-4-8-25(13-17)21(27)16-6-7-20(22-11-16)23-12-18-10-15(3)24-28-18/h6-7,10-11,14,17H,4-5,8-9,12-13H2,1-3H3,(H,22,23)/t17-/m0/s1. The van der Waals surface area contributed by atoms with Gasteiger partial charge in [-0.3, -0.25) is 9.59 Å². The van der Waals surface area contributed by atoms with Crippen LogP contribution >= 0.6 is 0 Å². The SMILES string of the molecule is Cc1cc(CNc2ccc(C(=O)N3CCC[C@H](C(=O)CC(C)C)C3)cn2)on1. The van der Waals surface area contributed by atoms with Crippen molar-refractivity contribution in [1.82, 2.24) is 15.0 Å². The molecule has 1 aliphatic heterocycles. The lowest BCUT2D eigenvalue weighted by atomic mass is 9.89. The number of carbonyl (C=O) groups is 2. The molecule has 150 valence electrons. The van der Waals surface area contributed by atoms with Gasteiger partial charge in [-0.1, -0.05) is 19.0 Å². The summed E-state index contributed by atoms with van der Waals surface area (Å²) in [6.07, 6.45) is 3.90. The molecule has 2 aromatic heterocycles. The maximum atomic E-state index is 12.8. The van der Waals surface area contributed by atoms with E-state index in [1.54, 1.807) is 23.2 Å². The number of rotatable bonds is 7. The first-order valence-corrected chi connectivity index (χ1v) is 9.86. The molecule has 28 heavy (non-hydrogen) atoms. The topological polar surface area (TPSA) is 88.3 Å². The normalized spacial score (nSPS) is 17.0. The highest BCUT2D eigenvalue weighted by atomic mass is 16.5. The largest absolute Gasteiger partial charge is 0.363 e. The van der Waals surface area contributed by atoms with E-state index in [2.05, 4.69) is 29.3 Å². The lowest BCUT2D eigenvalue weighted by molar-refractivity contribution is -0.124. The number of hydrogen-bond donors (Lipinski definition) is 1. The van der Waals surface area contributed by atoms with Crippen LogP contribution in [0.25, 0.3) is 0 Å². The van der Waals surface area contributed by atoms with E-state index in [0.29, 0.717) is 43.4 Å². The summed E-state index contributed by atoms with van der Waals surface area (Å²) in [5.74, 6) is 1.90. The smallest absolute Gasteiger partial charge is 0.255 e. The summed E-state index contributed by atoms with van der Waals surface area (Å²) in [6.45, 7) is 7.65. The van der Waals surface area contributed by atoms with Crippen molar-refractivity contribution in [1.29, 1.82) is 0 Å². The fourth-order valence-corrected chi connectivity index (χ4v) is 3.48. The van der Waals surface area contributed by atoms with Gasteiger partial charge in [-0.05, 0) is 37.8 Å². The second kappa shape index (κ2) is 8.99. The first-order valence-electron chi connectivity index (χ1n) is 9.86. The third-order valence-corrected chi connectivity index (χ3v) is 4.90. The number of carbonyl (C=O) groups excluding carboxylic acids is 2. The van der Waals surface area contributed by atoms with Crippen molar-refractivity contribution in [3.05, 3.63) is 41.4 Å². The summed E-state index contributed by atoms with van der Waals surface area (Å²) in [7, 11) is 0. The Morgan fingerprint density at radius 1 is 1.36 bits per heavy atom. The van der Waals surface area contributed by atoms with Gasteiger partial charge in [0.2, 0.25) is 0 Å². The number of hydrogen-bond acceptors (Lipinski definition) is 6. The summed E-state index contributed by atoms with van der Waals surface area (Å²) < 4.78 is 5.15. The van der Waals surface area contributed by atoms with Gasteiger partial charge in [0, 0.05) is 37.7 Å². The number of pyridine rings is 1. The zero-order valence-corrected chi connectivity index (χ0v) is 16.8. The molecule has 0 spiro atoms. The molecule has 7 nitrogen and oxygen atoms in total. The molecular weight excluding hydrogens is 356 g/mol. The Morgan fingerprint density at radius 3 is 2.82 bits per heavy atom. The molecular formula is C21H28N4O3. The third kappa shape index (κ3) is 5.18. The van der Waals surface area contributed by atoms with E-state index in [1.165, 1.54) is 0 Å². The van der Waals surface area contributed by atoms with Crippen LogP contribution in [0.2, 0.25) is 0 Å². The van der Waals surface area contributed by atoms with Crippen LogP contribution < -0.4 is 5.32 Å². The van der Waals surface area contributed by atoms with Crippen molar-refractivity contribution in [2.24, 2.45) is 11.8 Å². The molecule has 1 fully saturated rings. The molecule has 0 bridgehead atoms. The van der Waals surface area contributed by atoms with Gasteiger partial charge >= 0.3 is 0 Å². The minimum absolute atomic E-state index is 0.0423. The first kappa shape index (κ1) is 20.0. The molecule has 0 aliphatic carbocycles. The number of aromatic nitrogens is 2. The highest BCUT2D eigenvalue weighted by molar-refractivity contribution is 5.94. The predicted octanol–water partition coefficient (Wildman–Crippen LogP) is 3.46. The quantitative estimate of drug-likeness (QED) is 0.786. The Labute approximate surface area is 165 Å². The molecule has 1 saturated heterocycles. The Kier molecular flexibility index (Phi) is 6.44. The Hall–Kier alpha value is -2.70. The lowest BCUT2D eigenvalue weighted by Gasteiger charge is -2.32. The van der Waals surface area contributed by atoms with E-state index < -0.39 is 0 Å². The molecule has 1 aliphatic rings. The van der Waals surface area contributed by atoms with Gasteiger partial charge in [0.25, 0.3) is 5.91 Å². The van der Waals surface area contributed by atoms with E-state index >= 15 is 0 Å². The Bertz CT molecular complexity index is 813. The van der Waals surface area contributed by atoms with E-state index in [9.17, 15) is 9.59 Å². The van der Waals surface area contributed by atoms with Gasteiger partial charge in [0.1, 0.15) is 11.6 Å². The van der Waals surface area contributed by atoms with Crippen molar-refractivity contribution < 1.29 is 14.1 Å². The van der Waals surface area contributed by atoms with Crippen LogP contribution in [-0.2, 0) is 11.3 Å². The van der Waals surface area contributed by atoms with E-state index in [-0.39, 0.29) is 17.6 Å². The van der Waals surface area contributed by atoms with Gasteiger partial charge < -0.3 is 14.7 Å². The molecule has 1 amide bonds. The van der Waals surface area contributed by atoms with E-state index in [4.69, 9.17) is 4.52 Å². The maximum absolute atomic E-state index is 12.8. The minimum atomic E-state index is -0.0630. The van der Waals surface area contributed by atoms with Gasteiger partial charge in [-0.25, -0.2) is 4.98 Å². The van der Waals surface area contributed by atoms with Crippen molar-refractivity contribution in [2.45, 2.75) is 46.6 Å². The Morgan fingerprint density at radius 2 is 2.18 bits per heavy atom. The molecule has 0 saturated carbocycles. The van der Waals surface area contributed by atoms with Gasteiger partial charge in [0.15, 0.2) is 5.76 Å². The monoisotopic (exact) mass is 384 g/mol. The van der Waals surface area contributed by atoms with Crippen LogP contribution in [0, 0.1) is 18.8 Å². The predicted molar refractivity (Wildman–Crippen MR) is 106 cm³/mol. The van der Waals surface area contributed by atoms with Crippen molar-refractivity contribution in [3.63, 3.8) is 0 Å². The minimum Gasteiger partial charge on any atom is -0.363 e. The van der Waals surface area contributed by atoms with Crippen LogP contribution in [0.5, 0.6) is 0 Å². The molecule has 1 N–H and O–H groups in total. The van der Waals surface area contributed by atoms with Crippen LogP contribution in [-0.4, -0.2) is 39.8 Å². The first-order chi connectivity index (χ1) is 13.4. The highest BCUT2D eigenvalue weighted by Crippen LogP contribution is 2.22. The highest BCUT2D eigenvalue weighted by Gasteiger charge is 2.29. The van der Waals surface area contributed by atoms with Crippen LogP contribution in [0.3, 0.4) is 0 Å². The molecule has 0 aromatic carbocycles. The summed E-state index contributed by atoms with van der Waals surface area (Å²) in [5.41, 5.74) is 1.37. The second-order valence-corrected chi connectivity index (χ2v) is 7.87. The number of nitrogens with zero attached hydrogens (tertiary/aromatic N) is 3. The number of aryl methyl sites for hydroxylation is 1. The average molecular weight is 384 g/mol. The third-order valence-electron chi connectivity index (χ3n) is 4.90. The molecule has 7 heteroatoms. The van der Waals surface area contributed by atoms with Crippen LogP contribution in [0.1, 0.15) is 54.9 Å². The molecule has 3 rings (SSSR count). The lowest BCUT2D eigenvalue weighted by Crippen LogP contribution is -2.42. The molecule has 0 radical (unpaired) electrons. The van der Waals surface area contributed by atoms with Gasteiger partial charge in [-0.15, -0.1) is 0 Å².